The van der Waals surface area contributed by atoms with E-state index in [-0.39, 0.29) is 28.5 Å². The van der Waals surface area contributed by atoms with Crippen molar-refractivity contribution in [2.45, 2.75) is 18.6 Å². The van der Waals surface area contributed by atoms with Crippen LogP contribution in [-0.4, -0.2) is 28.5 Å². The predicted molar refractivity (Wildman–Crippen MR) is 63.1 cm³/mol. The van der Waals surface area contributed by atoms with Gasteiger partial charge in [-0.3, -0.25) is 4.79 Å². The van der Waals surface area contributed by atoms with Gasteiger partial charge in [-0.2, -0.15) is 0 Å². The van der Waals surface area contributed by atoms with E-state index in [0.29, 0.717) is 6.29 Å². The van der Waals surface area contributed by atoms with Crippen molar-refractivity contribution in [3.63, 3.8) is 0 Å². The lowest BCUT2D eigenvalue weighted by Crippen LogP contribution is -2.20. The van der Waals surface area contributed by atoms with Gasteiger partial charge in [-0.15, -0.1) is 11.6 Å². The summed E-state index contributed by atoms with van der Waals surface area (Å²) in [6.45, 7) is 0. The molecule has 0 heterocycles. The Balaban J connectivity index is 3.06. The summed E-state index contributed by atoms with van der Waals surface area (Å²) in [5, 5.41) is 19.7. The summed E-state index contributed by atoms with van der Waals surface area (Å²) >= 11 is 11.4. The Bertz CT molecular complexity index is 368. The molecule has 0 spiro atoms. The lowest BCUT2D eigenvalue weighted by Gasteiger charge is -2.19. The summed E-state index contributed by atoms with van der Waals surface area (Å²) in [5.41, 5.74) is 0.519. The van der Waals surface area contributed by atoms with Crippen molar-refractivity contribution < 1.29 is 15.0 Å². The normalized spacial score (nSPS) is 14.5. The number of benzene rings is 1. The largest absolute Gasteiger partial charge is 0.390 e. The van der Waals surface area contributed by atoms with Crippen LogP contribution >= 0.6 is 23.2 Å². The van der Waals surface area contributed by atoms with Crippen molar-refractivity contribution in [2.24, 2.45) is 0 Å². The first-order chi connectivity index (χ1) is 7.61. The molecule has 2 N–H and O–H groups in total. The second kappa shape index (κ2) is 6.21. The predicted octanol–water partition coefficient (Wildman–Crippen LogP) is 2.18. The van der Waals surface area contributed by atoms with Gasteiger partial charge in [0.15, 0.2) is 0 Å². The number of carbonyl (C=O) groups is 1. The first kappa shape index (κ1) is 13.5. The maximum atomic E-state index is 10.8. The third-order valence-corrected chi connectivity index (χ3v) is 2.83. The molecule has 16 heavy (non-hydrogen) atoms. The summed E-state index contributed by atoms with van der Waals surface area (Å²) in [4.78, 5) is 10.8. The minimum absolute atomic E-state index is 0.221. The van der Waals surface area contributed by atoms with E-state index in [1.54, 1.807) is 12.1 Å². The maximum Gasteiger partial charge on any atom is 0.150 e. The fourth-order valence-corrected chi connectivity index (χ4v) is 1.95. The first-order valence-electron chi connectivity index (χ1n) is 4.77. The zero-order chi connectivity index (χ0) is 12.1. The van der Waals surface area contributed by atoms with Crippen molar-refractivity contribution in [1.29, 1.82) is 0 Å². The van der Waals surface area contributed by atoms with E-state index in [1.807, 2.05) is 0 Å². The summed E-state index contributed by atoms with van der Waals surface area (Å²) < 4.78 is 0. The van der Waals surface area contributed by atoms with Crippen LogP contribution in [0.25, 0.3) is 0 Å². The molecule has 0 bridgehead atoms. The van der Waals surface area contributed by atoms with Crippen LogP contribution in [0.4, 0.5) is 0 Å². The Labute approximate surface area is 104 Å². The Hall–Kier alpha value is -0.610. The molecule has 0 saturated carbocycles. The highest BCUT2D eigenvalue weighted by molar-refractivity contribution is 6.31. The van der Waals surface area contributed by atoms with Crippen molar-refractivity contribution >= 4 is 29.5 Å². The summed E-state index contributed by atoms with van der Waals surface area (Å²) in [6, 6.07) is 4.70. The Morgan fingerprint density at radius 2 is 2.06 bits per heavy atom. The molecule has 2 unspecified atom stereocenters. The highest BCUT2D eigenvalue weighted by Crippen LogP contribution is 2.29. The molecule has 0 saturated heterocycles. The maximum absolute atomic E-state index is 10.8. The second-order valence-electron chi connectivity index (χ2n) is 3.35. The van der Waals surface area contributed by atoms with E-state index >= 15 is 0 Å². The fraction of sp³-hybridized carbons (Fsp3) is 0.364. The number of hydrogen-bond donors (Lipinski definition) is 2. The van der Waals surface area contributed by atoms with Gasteiger partial charge in [0.25, 0.3) is 0 Å². The van der Waals surface area contributed by atoms with Crippen molar-refractivity contribution in [3.8, 4) is 0 Å². The van der Waals surface area contributed by atoms with E-state index < -0.39 is 12.2 Å². The van der Waals surface area contributed by atoms with Crippen LogP contribution in [0, 0.1) is 0 Å². The lowest BCUT2D eigenvalue weighted by molar-refractivity contribution is 0.0167. The Morgan fingerprint density at radius 3 is 2.62 bits per heavy atom. The Morgan fingerprint density at radius 1 is 1.38 bits per heavy atom. The molecule has 88 valence electrons. The van der Waals surface area contributed by atoms with E-state index in [2.05, 4.69) is 0 Å². The third kappa shape index (κ3) is 2.95. The van der Waals surface area contributed by atoms with Crippen LogP contribution in [0.1, 0.15) is 28.4 Å². The first-order valence-corrected chi connectivity index (χ1v) is 5.68. The van der Waals surface area contributed by atoms with Gasteiger partial charge in [0.05, 0.1) is 6.10 Å². The summed E-state index contributed by atoms with van der Waals surface area (Å²) in [7, 11) is 0. The topological polar surface area (TPSA) is 57.5 Å². The van der Waals surface area contributed by atoms with Crippen LogP contribution < -0.4 is 0 Å². The smallest absolute Gasteiger partial charge is 0.150 e. The number of rotatable bonds is 5. The van der Waals surface area contributed by atoms with Crippen LogP contribution in [-0.2, 0) is 0 Å². The van der Waals surface area contributed by atoms with Gasteiger partial charge in [-0.05, 0) is 12.5 Å². The number of hydrogen-bond acceptors (Lipinski definition) is 3. The molecule has 0 radical (unpaired) electrons. The molecular weight excluding hydrogens is 251 g/mol. The molecule has 0 fully saturated rings. The van der Waals surface area contributed by atoms with Gasteiger partial charge in [0, 0.05) is 22.0 Å². The van der Waals surface area contributed by atoms with E-state index in [9.17, 15) is 15.0 Å². The standard InChI is InChI=1S/C11H12Cl2O3/c12-5-4-9(15)11(16)10-7(6-14)2-1-3-8(10)13/h1-3,6,9,11,15-16H,4-5H2. The molecule has 2 atom stereocenters. The fourth-order valence-electron chi connectivity index (χ4n) is 1.43. The average Bonchev–Trinajstić information content (AvgIpc) is 2.28. The number of carbonyl (C=O) groups excluding carboxylic acids is 1. The number of aliphatic hydroxyl groups is 2. The van der Waals surface area contributed by atoms with E-state index in [0.717, 1.165) is 0 Å². The van der Waals surface area contributed by atoms with Crippen molar-refractivity contribution in [1.82, 2.24) is 0 Å². The van der Waals surface area contributed by atoms with E-state index in [1.165, 1.54) is 6.07 Å². The quantitative estimate of drug-likeness (QED) is 0.632. The molecule has 0 aromatic heterocycles. The summed E-state index contributed by atoms with van der Waals surface area (Å²) in [5.74, 6) is 0.221. The molecule has 0 aliphatic rings. The van der Waals surface area contributed by atoms with Crippen LogP contribution in [0.15, 0.2) is 18.2 Å². The molecule has 0 amide bonds. The lowest BCUT2D eigenvalue weighted by atomic mass is 9.98. The Kier molecular flexibility index (Phi) is 5.22. The van der Waals surface area contributed by atoms with E-state index in [4.69, 9.17) is 23.2 Å². The van der Waals surface area contributed by atoms with Gasteiger partial charge < -0.3 is 10.2 Å². The van der Waals surface area contributed by atoms with Crippen molar-refractivity contribution in [3.05, 3.63) is 34.3 Å². The van der Waals surface area contributed by atoms with Gasteiger partial charge in [0.2, 0.25) is 0 Å². The number of aliphatic hydroxyl groups excluding tert-OH is 2. The molecule has 3 nitrogen and oxygen atoms in total. The summed E-state index contributed by atoms with van der Waals surface area (Å²) in [6.07, 6.45) is -1.41. The molecular formula is C11H12Cl2O3. The van der Waals surface area contributed by atoms with Gasteiger partial charge in [-0.25, -0.2) is 0 Å². The second-order valence-corrected chi connectivity index (χ2v) is 4.14. The molecule has 0 aliphatic heterocycles. The van der Waals surface area contributed by atoms with Gasteiger partial charge in [-0.1, -0.05) is 23.7 Å². The van der Waals surface area contributed by atoms with Gasteiger partial charge in [0.1, 0.15) is 12.4 Å². The molecule has 5 heteroatoms. The average molecular weight is 263 g/mol. The number of halogens is 2. The van der Waals surface area contributed by atoms with Crippen LogP contribution in [0.2, 0.25) is 5.02 Å². The molecule has 0 aliphatic carbocycles. The zero-order valence-corrected chi connectivity index (χ0v) is 9.95. The molecule has 1 rings (SSSR count). The monoisotopic (exact) mass is 262 g/mol. The molecule has 1 aromatic carbocycles. The zero-order valence-electron chi connectivity index (χ0n) is 8.44. The minimum Gasteiger partial charge on any atom is -0.390 e. The SMILES string of the molecule is O=Cc1cccc(Cl)c1C(O)C(O)CCCl. The van der Waals surface area contributed by atoms with Gasteiger partial charge >= 0.3 is 0 Å². The number of aldehydes is 1. The van der Waals surface area contributed by atoms with Crippen LogP contribution in [0.3, 0.4) is 0 Å². The minimum atomic E-state index is -1.20. The van der Waals surface area contributed by atoms with Crippen molar-refractivity contribution in [2.75, 3.05) is 5.88 Å². The molecule has 1 aromatic rings. The third-order valence-electron chi connectivity index (χ3n) is 2.28. The van der Waals surface area contributed by atoms with Crippen LogP contribution in [0.5, 0.6) is 0 Å². The number of alkyl halides is 1. The highest BCUT2D eigenvalue weighted by atomic mass is 35.5. The highest BCUT2D eigenvalue weighted by Gasteiger charge is 2.22.